The van der Waals surface area contributed by atoms with Crippen LogP contribution in [0.4, 0.5) is 0 Å². The maximum Gasteiger partial charge on any atom is 0.263 e. The average molecular weight is 378 g/mol. The van der Waals surface area contributed by atoms with Gasteiger partial charge < -0.3 is 4.90 Å². The predicted molar refractivity (Wildman–Crippen MR) is 104 cm³/mol. The third-order valence-corrected chi connectivity index (χ3v) is 6.47. The van der Waals surface area contributed by atoms with Gasteiger partial charge in [-0.1, -0.05) is 24.8 Å². The molecular weight excluding hydrogens is 354 g/mol. The fourth-order valence-corrected chi connectivity index (χ4v) is 4.81. The zero-order chi connectivity index (χ0) is 18.0. The Bertz CT molecular complexity index is 834. The molecule has 5 nitrogen and oxygen atoms in total. The summed E-state index contributed by atoms with van der Waals surface area (Å²) in [5, 5.41) is 2.81. The molecule has 1 amide bonds. The van der Waals surface area contributed by atoms with Crippen molar-refractivity contribution < 1.29 is 4.79 Å². The molecule has 25 heavy (non-hydrogen) atoms. The molecule has 0 bridgehead atoms. The maximum absolute atomic E-state index is 12.7. The maximum atomic E-state index is 12.7. The highest BCUT2D eigenvalue weighted by Gasteiger charge is 2.26. The molecule has 2 aromatic heterocycles. The topological polar surface area (TPSA) is 55.2 Å². The van der Waals surface area contributed by atoms with Gasteiger partial charge in [0.2, 0.25) is 5.91 Å². The number of aromatic nitrogens is 2. The van der Waals surface area contributed by atoms with Crippen LogP contribution in [0.25, 0.3) is 10.2 Å². The molecule has 0 aromatic carbocycles. The van der Waals surface area contributed by atoms with Gasteiger partial charge in [0.15, 0.2) is 5.16 Å². The molecule has 1 atom stereocenters. The van der Waals surface area contributed by atoms with Gasteiger partial charge in [-0.2, -0.15) is 0 Å². The fourth-order valence-electron chi connectivity index (χ4n) is 3.00. The molecule has 0 saturated carbocycles. The Labute approximate surface area is 155 Å². The van der Waals surface area contributed by atoms with E-state index in [0.29, 0.717) is 23.0 Å². The number of hydrogen-bond donors (Lipinski definition) is 0. The molecule has 0 spiro atoms. The van der Waals surface area contributed by atoms with Gasteiger partial charge in [-0.15, -0.1) is 17.9 Å². The van der Waals surface area contributed by atoms with Crippen molar-refractivity contribution in [1.82, 2.24) is 14.5 Å². The number of carbonyl (C=O) groups excluding carboxylic acids is 1. The first-order valence-electron chi connectivity index (χ1n) is 8.55. The van der Waals surface area contributed by atoms with Gasteiger partial charge in [-0.05, 0) is 37.1 Å². The molecule has 3 heterocycles. The zero-order valence-electron chi connectivity index (χ0n) is 14.6. The highest BCUT2D eigenvalue weighted by Crippen LogP contribution is 2.27. The van der Waals surface area contributed by atoms with Crippen LogP contribution in [-0.2, 0) is 11.3 Å². The molecule has 3 rings (SSSR count). The van der Waals surface area contributed by atoms with Crippen LogP contribution in [0.15, 0.2) is 34.1 Å². The highest BCUT2D eigenvalue weighted by atomic mass is 32.2. The monoisotopic (exact) mass is 377 g/mol. The molecule has 1 unspecified atom stereocenters. The van der Waals surface area contributed by atoms with Gasteiger partial charge in [0.25, 0.3) is 5.56 Å². The first-order valence-corrected chi connectivity index (χ1v) is 10.3. The Balaban J connectivity index is 1.83. The largest absolute Gasteiger partial charge is 0.342 e. The van der Waals surface area contributed by atoms with Crippen molar-refractivity contribution in [3.05, 3.63) is 34.5 Å². The minimum atomic E-state index is -0.270. The van der Waals surface area contributed by atoms with Crippen LogP contribution in [0, 0.1) is 5.92 Å². The number of piperidine rings is 1. The van der Waals surface area contributed by atoms with Crippen LogP contribution in [-0.4, -0.2) is 38.7 Å². The highest BCUT2D eigenvalue weighted by molar-refractivity contribution is 8.00. The third kappa shape index (κ3) is 3.82. The zero-order valence-corrected chi connectivity index (χ0v) is 16.2. The van der Waals surface area contributed by atoms with Crippen molar-refractivity contribution in [3.8, 4) is 0 Å². The molecule has 2 aromatic rings. The lowest BCUT2D eigenvalue weighted by Gasteiger charge is -2.32. The lowest BCUT2D eigenvalue weighted by Crippen LogP contribution is -2.42. The molecule has 1 aliphatic rings. The molecule has 0 radical (unpaired) electrons. The van der Waals surface area contributed by atoms with Gasteiger partial charge in [0, 0.05) is 19.6 Å². The van der Waals surface area contributed by atoms with Crippen molar-refractivity contribution in [2.75, 3.05) is 13.1 Å². The lowest BCUT2D eigenvalue weighted by atomic mass is 9.99. The second-order valence-corrected chi connectivity index (χ2v) is 8.71. The number of carbonyl (C=O) groups is 1. The summed E-state index contributed by atoms with van der Waals surface area (Å²) < 4.78 is 1.61. The summed E-state index contributed by atoms with van der Waals surface area (Å²) in [5.41, 5.74) is -0.0694. The number of fused-ring (bicyclic) bond motifs is 1. The van der Waals surface area contributed by atoms with Gasteiger partial charge in [0.1, 0.15) is 4.83 Å². The number of likely N-dealkylation sites (tertiary alicyclic amines) is 1. The average Bonchev–Trinajstić information content (AvgIpc) is 3.07. The van der Waals surface area contributed by atoms with Gasteiger partial charge in [-0.3, -0.25) is 14.2 Å². The summed E-state index contributed by atoms with van der Waals surface area (Å²) >= 11 is 2.81. The number of amides is 1. The van der Waals surface area contributed by atoms with E-state index >= 15 is 0 Å². The van der Waals surface area contributed by atoms with Crippen LogP contribution < -0.4 is 5.56 Å². The standard InChI is InChI=1S/C18H23N3O2S2/c1-4-8-21-17(23)14-7-11-24-15(14)19-18(21)25-13(3)16(22)20-9-5-12(2)6-10-20/h4,7,11-13H,1,5-6,8-10H2,2-3H3. The van der Waals surface area contributed by atoms with E-state index in [1.54, 1.807) is 16.7 Å². The van der Waals surface area contributed by atoms with E-state index in [4.69, 9.17) is 0 Å². The summed E-state index contributed by atoms with van der Waals surface area (Å²) in [5.74, 6) is 0.815. The minimum Gasteiger partial charge on any atom is -0.342 e. The van der Waals surface area contributed by atoms with Crippen molar-refractivity contribution in [2.24, 2.45) is 5.92 Å². The number of nitrogens with zero attached hydrogens (tertiary/aromatic N) is 3. The Morgan fingerprint density at radius 1 is 1.52 bits per heavy atom. The second kappa shape index (κ2) is 7.74. The Hall–Kier alpha value is -1.60. The summed E-state index contributed by atoms with van der Waals surface area (Å²) in [6.07, 6.45) is 3.80. The van der Waals surface area contributed by atoms with Crippen molar-refractivity contribution in [1.29, 1.82) is 0 Å². The van der Waals surface area contributed by atoms with E-state index in [2.05, 4.69) is 18.5 Å². The predicted octanol–water partition coefficient (Wildman–Crippen LogP) is 3.38. The number of thiophene rings is 1. The summed E-state index contributed by atoms with van der Waals surface area (Å²) in [4.78, 5) is 32.7. The first-order chi connectivity index (χ1) is 12.0. The van der Waals surface area contributed by atoms with E-state index in [-0.39, 0.29) is 16.7 Å². The Morgan fingerprint density at radius 2 is 2.24 bits per heavy atom. The van der Waals surface area contributed by atoms with Crippen molar-refractivity contribution >= 4 is 39.2 Å². The second-order valence-electron chi connectivity index (χ2n) is 6.51. The van der Waals surface area contributed by atoms with E-state index < -0.39 is 0 Å². The van der Waals surface area contributed by atoms with Crippen LogP contribution in [0.5, 0.6) is 0 Å². The van der Waals surface area contributed by atoms with Crippen molar-refractivity contribution in [2.45, 2.75) is 43.6 Å². The van der Waals surface area contributed by atoms with E-state index in [1.165, 1.54) is 23.1 Å². The summed E-state index contributed by atoms with van der Waals surface area (Å²) in [7, 11) is 0. The van der Waals surface area contributed by atoms with Crippen LogP contribution in [0.3, 0.4) is 0 Å². The minimum absolute atomic E-state index is 0.0694. The molecule has 7 heteroatoms. The van der Waals surface area contributed by atoms with E-state index in [0.717, 1.165) is 30.8 Å². The van der Waals surface area contributed by atoms with Gasteiger partial charge >= 0.3 is 0 Å². The third-order valence-electron chi connectivity index (χ3n) is 4.59. The normalized spacial score (nSPS) is 17.0. The van der Waals surface area contributed by atoms with Crippen LogP contribution in [0.2, 0.25) is 0 Å². The molecule has 134 valence electrons. The smallest absolute Gasteiger partial charge is 0.263 e. The summed E-state index contributed by atoms with van der Waals surface area (Å²) in [6, 6.07) is 1.80. The molecular formula is C18H23N3O2S2. The molecule has 0 aliphatic carbocycles. The number of thioether (sulfide) groups is 1. The number of hydrogen-bond acceptors (Lipinski definition) is 5. The number of allylic oxidation sites excluding steroid dienone is 1. The fraction of sp³-hybridized carbons (Fsp3) is 0.500. The van der Waals surface area contributed by atoms with Gasteiger partial charge in [-0.25, -0.2) is 4.98 Å². The van der Waals surface area contributed by atoms with E-state index in [9.17, 15) is 9.59 Å². The van der Waals surface area contributed by atoms with Crippen molar-refractivity contribution in [3.63, 3.8) is 0 Å². The number of rotatable bonds is 5. The summed E-state index contributed by atoms with van der Waals surface area (Å²) in [6.45, 7) is 9.89. The Kier molecular flexibility index (Phi) is 5.64. The van der Waals surface area contributed by atoms with E-state index in [1.807, 2.05) is 17.2 Å². The van der Waals surface area contributed by atoms with Gasteiger partial charge in [0.05, 0.1) is 10.6 Å². The first kappa shape index (κ1) is 18.2. The quantitative estimate of drug-likeness (QED) is 0.455. The SMILES string of the molecule is C=CCn1c(SC(C)C(=O)N2CCC(C)CC2)nc2sccc2c1=O. The van der Waals surface area contributed by atoms with Crippen LogP contribution >= 0.6 is 23.1 Å². The molecule has 1 saturated heterocycles. The van der Waals surface area contributed by atoms with Crippen LogP contribution in [0.1, 0.15) is 26.7 Å². The molecule has 1 aliphatic heterocycles. The Morgan fingerprint density at radius 3 is 2.92 bits per heavy atom. The molecule has 1 fully saturated rings. The lowest BCUT2D eigenvalue weighted by molar-refractivity contribution is -0.131. The molecule has 0 N–H and O–H groups in total.